The molecule has 172 valence electrons. The van der Waals surface area contributed by atoms with Gasteiger partial charge in [-0.15, -0.1) is 0 Å². The number of piperazine rings is 1. The highest BCUT2D eigenvalue weighted by Crippen LogP contribution is 2.34. The maximum atomic E-state index is 14.5. The van der Waals surface area contributed by atoms with Crippen molar-refractivity contribution in [3.8, 4) is 6.07 Å². The topological polar surface area (TPSA) is 65.2 Å². The first-order chi connectivity index (χ1) is 15.7. The number of hydrogen-bond donors (Lipinski definition) is 0. The van der Waals surface area contributed by atoms with E-state index < -0.39 is 11.6 Å². The molecule has 3 aromatic rings. The van der Waals surface area contributed by atoms with E-state index in [0.717, 1.165) is 12.5 Å². The molecule has 2 unspecified atom stereocenters. The number of aromatic nitrogens is 2. The van der Waals surface area contributed by atoms with Crippen molar-refractivity contribution in [1.29, 1.82) is 5.26 Å². The fourth-order valence-corrected chi connectivity index (χ4v) is 4.86. The van der Waals surface area contributed by atoms with Crippen molar-refractivity contribution < 1.29 is 8.78 Å². The average molecular weight is 452 g/mol. The third-order valence-corrected chi connectivity index (χ3v) is 6.76. The molecule has 0 radical (unpaired) electrons. The number of anilines is 1. The van der Waals surface area contributed by atoms with Crippen LogP contribution in [0.3, 0.4) is 0 Å². The zero-order chi connectivity index (χ0) is 23.9. The molecule has 1 aliphatic rings. The first kappa shape index (κ1) is 22.9. The molecular formula is C25H27F2N5O. The molecule has 0 saturated carbocycles. The molecule has 8 heteroatoms. The first-order valence-corrected chi connectivity index (χ1v) is 11.1. The minimum Gasteiger partial charge on any atom is -0.364 e. The Bertz CT molecular complexity index is 1300. The van der Waals surface area contributed by atoms with Crippen molar-refractivity contribution >= 4 is 16.7 Å². The molecule has 1 fully saturated rings. The van der Waals surface area contributed by atoms with Gasteiger partial charge in [-0.05, 0) is 38.5 Å². The van der Waals surface area contributed by atoms with E-state index in [1.165, 1.54) is 16.7 Å². The van der Waals surface area contributed by atoms with Gasteiger partial charge in [0, 0.05) is 56.0 Å². The summed E-state index contributed by atoms with van der Waals surface area (Å²) in [6, 6.07) is 10.6. The van der Waals surface area contributed by atoms with Crippen LogP contribution in [0.5, 0.6) is 0 Å². The van der Waals surface area contributed by atoms with Crippen LogP contribution < -0.4 is 10.5 Å². The second-order valence-electron chi connectivity index (χ2n) is 8.70. The number of halogens is 2. The largest absolute Gasteiger partial charge is 0.364 e. The summed E-state index contributed by atoms with van der Waals surface area (Å²) >= 11 is 0. The van der Waals surface area contributed by atoms with Crippen LogP contribution in [0.2, 0.25) is 0 Å². The number of aryl methyl sites for hydroxylation is 1. The van der Waals surface area contributed by atoms with Crippen LogP contribution in [0.4, 0.5) is 14.5 Å². The Labute approximate surface area is 191 Å². The van der Waals surface area contributed by atoms with Crippen molar-refractivity contribution in [3.05, 3.63) is 69.6 Å². The molecule has 0 aliphatic carbocycles. The van der Waals surface area contributed by atoms with Gasteiger partial charge < -0.3 is 9.47 Å². The maximum absolute atomic E-state index is 14.5. The monoisotopic (exact) mass is 451 g/mol. The van der Waals surface area contributed by atoms with Gasteiger partial charge in [0.05, 0.1) is 11.2 Å². The van der Waals surface area contributed by atoms with E-state index in [9.17, 15) is 18.8 Å². The van der Waals surface area contributed by atoms with E-state index in [1.54, 1.807) is 25.2 Å². The summed E-state index contributed by atoms with van der Waals surface area (Å²) in [5.41, 5.74) is 2.62. The van der Waals surface area contributed by atoms with Crippen molar-refractivity contribution in [1.82, 2.24) is 14.5 Å². The molecule has 3 heterocycles. The van der Waals surface area contributed by atoms with Crippen molar-refractivity contribution in [3.63, 3.8) is 0 Å². The average Bonchev–Trinajstić information content (AvgIpc) is 2.80. The lowest BCUT2D eigenvalue weighted by molar-refractivity contribution is 0.112. The standard InChI is InChI=1S/C25H27F2N5O/c1-5-19-14-31(16(3)20-8-6-17(26)10-21(20)27)15(2)13-32(19)23-11-24(33)30(4)22-9-7-18(12-28)29-25(22)23/h6-11,15-16,19H,5,13-14H2,1-4H3/t15?,16?,19-/m0/s1. The van der Waals surface area contributed by atoms with Crippen LogP contribution in [0.25, 0.3) is 11.0 Å². The molecule has 33 heavy (non-hydrogen) atoms. The van der Waals surface area contributed by atoms with Crippen LogP contribution in [0.15, 0.2) is 41.2 Å². The fourth-order valence-electron chi connectivity index (χ4n) is 4.86. The van der Waals surface area contributed by atoms with E-state index in [2.05, 4.69) is 34.7 Å². The predicted molar refractivity (Wildman–Crippen MR) is 124 cm³/mol. The van der Waals surface area contributed by atoms with Gasteiger partial charge in [0.2, 0.25) is 0 Å². The number of fused-ring (bicyclic) bond motifs is 1. The van der Waals surface area contributed by atoms with Gasteiger partial charge in [0.15, 0.2) is 0 Å². The molecule has 6 nitrogen and oxygen atoms in total. The molecule has 0 N–H and O–H groups in total. The van der Waals surface area contributed by atoms with Crippen LogP contribution in [0, 0.1) is 23.0 Å². The molecule has 1 aromatic carbocycles. The molecule has 1 aliphatic heterocycles. The minimum atomic E-state index is -0.588. The lowest BCUT2D eigenvalue weighted by Crippen LogP contribution is -2.58. The predicted octanol–water partition coefficient (Wildman–Crippen LogP) is 4.13. The van der Waals surface area contributed by atoms with E-state index in [1.807, 2.05) is 6.92 Å². The summed E-state index contributed by atoms with van der Waals surface area (Å²) < 4.78 is 29.4. The van der Waals surface area contributed by atoms with Crippen LogP contribution in [0.1, 0.15) is 44.5 Å². The summed E-state index contributed by atoms with van der Waals surface area (Å²) in [7, 11) is 1.69. The zero-order valence-corrected chi connectivity index (χ0v) is 19.2. The van der Waals surface area contributed by atoms with Gasteiger partial charge in [-0.2, -0.15) is 5.26 Å². The second kappa shape index (κ2) is 8.91. The lowest BCUT2D eigenvalue weighted by atomic mass is 9.98. The SMILES string of the molecule is CC[C@H]1CN(C(C)c2ccc(F)cc2F)C(C)CN1c1cc(=O)n(C)c2ccc(C#N)nc12. The van der Waals surface area contributed by atoms with Gasteiger partial charge in [0.1, 0.15) is 28.9 Å². The highest BCUT2D eigenvalue weighted by atomic mass is 19.1. The first-order valence-electron chi connectivity index (χ1n) is 11.1. The third kappa shape index (κ3) is 4.09. The van der Waals surface area contributed by atoms with Crippen LogP contribution in [-0.2, 0) is 7.05 Å². The van der Waals surface area contributed by atoms with E-state index >= 15 is 0 Å². The Morgan fingerprint density at radius 3 is 2.64 bits per heavy atom. The van der Waals surface area contributed by atoms with Crippen LogP contribution >= 0.6 is 0 Å². The Morgan fingerprint density at radius 2 is 1.97 bits per heavy atom. The quantitative estimate of drug-likeness (QED) is 0.597. The Balaban J connectivity index is 1.73. The minimum absolute atomic E-state index is 0.0329. The molecule has 0 spiro atoms. The summed E-state index contributed by atoms with van der Waals surface area (Å²) in [5, 5.41) is 9.35. The van der Waals surface area contributed by atoms with Crippen molar-refractivity contribution in [2.75, 3.05) is 18.0 Å². The summed E-state index contributed by atoms with van der Waals surface area (Å²) in [4.78, 5) is 21.6. The number of hydrogen-bond acceptors (Lipinski definition) is 5. The van der Waals surface area contributed by atoms with Gasteiger partial charge in [-0.1, -0.05) is 13.0 Å². The Hall–Kier alpha value is -3.31. The fraction of sp³-hybridized carbons (Fsp3) is 0.400. The summed E-state index contributed by atoms with van der Waals surface area (Å²) in [6.45, 7) is 7.32. The molecule has 1 saturated heterocycles. The van der Waals surface area contributed by atoms with Crippen LogP contribution in [-0.4, -0.2) is 39.6 Å². The molecule has 0 bridgehead atoms. The van der Waals surface area contributed by atoms with Crippen molar-refractivity contribution in [2.24, 2.45) is 7.05 Å². The van der Waals surface area contributed by atoms with E-state index in [-0.39, 0.29) is 23.7 Å². The lowest BCUT2D eigenvalue weighted by Gasteiger charge is -2.48. The molecule has 2 aromatic heterocycles. The number of rotatable bonds is 4. The third-order valence-electron chi connectivity index (χ3n) is 6.76. The molecule has 0 amide bonds. The van der Waals surface area contributed by atoms with Gasteiger partial charge in [-0.3, -0.25) is 9.69 Å². The highest BCUT2D eigenvalue weighted by molar-refractivity contribution is 5.89. The molecule has 3 atom stereocenters. The normalized spacial score (nSPS) is 20.1. The number of benzene rings is 1. The van der Waals surface area contributed by atoms with Gasteiger partial charge in [-0.25, -0.2) is 13.8 Å². The Morgan fingerprint density at radius 1 is 1.21 bits per heavy atom. The number of nitrogens with zero attached hydrogens (tertiary/aromatic N) is 5. The van der Waals surface area contributed by atoms with Gasteiger partial charge in [0.25, 0.3) is 5.56 Å². The second-order valence-corrected chi connectivity index (χ2v) is 8.70. The molecule has 4 rings (SSSR count). The zero-order valence-electron chi connectivity index (χ0n) is 19.2. The summed E-state index contributed by atoms with van der Waals surface area (Å²) in [6.07, 6.45) is 0.802. The smallest absolute Gasteiger partial charge is 0.252 e. The van der Waals surface area contributed by atoms with E-state index in [4.69, 9.17) is 0 Å². The molecular weight excluding hydrogens is 424 g/mol. The van der Waals surface area contributed by atoms with Crippen molar-refractivity contribution in [2.45, 2.75) is 45.3 Å². The summed E-state index contributed by atoms with van der Waals surface area (Å²) in [5.74, 6) is -1.13. The van der Waals surface area contributed by atoms with E-state index in [0.29, 0.717) is 41.1 Å². The maximum Gasteiger partial charge on any atom is 0.252 e. The number of nitriles is 1. The highest BCUT2D eigenvalue weighted by Gasteiger charge is 2.35. The Kier molecular flexibility index (Phi) is 6.17. The number of pyridine rings is 2. The van der Waals surface area contributed by atoms with Gasteiger partial charge >= 0.3 is 0 Å².